The minimum Gasteiger partial charge on any atom is -0.504 e. The third-order valence-electron chi connectivity index (χ3n) is 1.97. The number of aromatic hydroxyl groups is 2. The average molecular weight is 211 g/mol. The molecule has 0 radical (unpaired) electrons. The van der Waals surface area contributed by atoms with Gasteiger partial charge in [-0.15, -0.1) is 0 Å². The first-order valence-electron chi connectivity index (χ1n) is 4.43. The molecule has 0 aliphatic rings. The van der Waals surface area contributed by atoms with Crippen LogP contribution in [0.15, 0.2) is 12.1 Å². The molecule has 82 valence electrons. The first-order valence-corrected chi connectivity index (χ1v) is 4.43. The molecule has 0 saturated heterocycles. The third kappa shape index (κ3) is 2.38. The summed E-state index contributed by atoms with van der Waals surface area (Å²) in [5, 5.41) is 18.6. The largest absolute Gasteiger partial charge is 0.504 e. The summed E-state index contributed by atoms with van der Waals surface area (Å²) in [6.07, 6.45) is 0.188. The van der Waals surface area contributed by atoms with Crippen LogP contribution in [-0.4, -0.2) is 29.7 Å². The standard InChI is InChI=1S/C10H13NO4/c1-15-9-5-6(7(12)2-3-11)4-8(13)10(9)14/h4-5,13-14H,2-3,11H2,1H3. The van der Waals surface area contributed by atoms with E-state index in [9.17, 15) is 15.0 Å². The van der Waals surface area contributed by atoms with Crippen molar-refractivity contribution in [1.29, 1.82) is 0 Å². The Hall–Kier alpha value is -1.75. The minimum atomic E-state index is -0.380. The number of ether oxygens (including phenoxy) is 1. The number of ketones is 1. The van der Waals surface area contributed by atoms with Crippen LogP contribution in [0.1, 0.15) is 16.8 Å². The highest BCUT2D eigenvalue weighted by Crippen LogP contribution is 2.36. The van der Waals surface area contributed by atoms with Gasteiger partial charge in [0.15, 0.2) is 17.3 Å². The number of hydrogen-bond acceptors (Lipinski definition) is 5. The van der Waals surface area contributed by atoms with Crippen molar-refractivity contribution < 1.29 is 19.7 Å². The molecular weight excluding hydrogens is 198 g/mol. The molecule has 0 aliphatic heterocycles. The predicted molar refractivity (Wildman–Crippen MR) is 54.3 cm³/mol. The molecule has 0 saturated carbocycles. The normalized spacial score (nSPS) is 10.0. The maximum absolute atomic E-state index is 11.4. The van der Waals surface area contributed by atoms with E-state index in [4.69, 9.17) is 10.5 Å². The first-order chi connectivity index (χ1) is 7.10. The average Bonchev–Trinajstić information content (AvgIpc) is 2.22. The van der Waals surface area contributed by atoms with Gasteiger partial charge in [-0.1, -0.05) is 0 Å². The van der Waals surface area contributed by atoms with E-state index in [0.717, 1.165) is 0 Å². The lowest BCUT2D eigenvalue weighted by Crippen LogP contribution is -2.08. The van der Waals surface area contributed by atoms with E-state index in [2.05, 4.69) is 0 Å². The lowest BCUT2D eigenvalue weighted by atomic mass is 10.1. The van der Waals surface area contributed by atoms with Crippen LogP contribution in [0.25, 0.3) is 0 Å². The van der Waals surface area contributed by atoms with Gasteiger partial charge in [-0.3, -0.25) is 4.79 Å². The quantitative estimate of drug-likeness (QED) is 0.502. The highest BCUT2D eigenvalue weighted by atomic mass is 16.5. The Kier molecular flexibility index (Phi) is 3.51. The second kappa shape index (κ2) is 4.65. The highest BCUT2D eigenvalue weighted by molar-refractivity contribution is 5.97. The molecule has 0 bridgehead atoms. The van der Waals surface area contributed by atoms with Gasteiger partial charge >= 0.3 is 0 Å². The van der Waals surface area contributed by atoms with Gasteiger partial charge < -0.3 is 20.7 Å². The number of hydrogen-bond donors (Lipinski definition) is 3. The molecule has 5 nitrogen and oxygen atoms in total. The van der Waals surface area contributed by atoms with Crippen LogP contribution < -0.4 is 10.5 Å². The summed E-state index contributed by atoms with van der Waals surface area (Å²) < 4.78 is 4.80. The van der Waals surface area contributed by atoms with E-state index in [1.54, 1.807) is 0 Å². The molecule has 0 aliphatic carbocycles. The second-order valence-electron chi connectivity index (χ2n) is 3.01. The number of carbonyl (C=O) groups excluding carboxylic acids is 1. The topological polar surface area (TPSA) is 92.8 Å². The summed E-state index contributed by atoms with van der Waals surface area (Å²) in [5.41, 5.74) is 5.51. The van der Waals surface area contributed by atoms with Gasteiger partial charge in [-0.25, -0.2) is 0 Å². The van der Waals surface area contributed by atoms with E-state index >= 15 is 0 Å². The maximum atomic E-state index is 11.4. The summed E-state index contributed by atoms with van der Waals surface area (Å²) in [6.45, 7) is 0.239. The van der Waals surface area contributed by atoms with Gasteiger partial charge in [0.05, 0.1) is 7.11 Å². The molecule has 15 heavy (non-hydrogen) atoms. The van der Waals surface area contributed by atoms with Crippen molar-refractivity contribution in [3.8, 4) is 17.2 Å². The van der Waals surface area contributed by atoms with E-state index < -0.39 is 0 Å². The fraction of sp³-hybridized carbons (Fsp3) is 0.300. The smallest absolute Gasteiger partial charge is 0.200 e. The molecular formula is C10H13NO4. The number of rotatable bonds is 4. The van der Waals surface area contributed by atoms with Crippen LogP contribution >= 0.6 is 0 Å². The zero-order chi connectivity index (χ0) is 11.4. The lowest BCUT2D eigenvalue weighted by Gasteiger charge is -2.07. The first kappa shape index (κ1) is 11.3. The number of carbonyl (C=O) groups is 1. The summed E-state index contributed by atoms with van der Waals surface area (Å²) in [4.78, 5) is 11.4. The highest BCUT2D eigenvalue weighted by Gasteiger charge is 2.13. The number of Topliss-reactive ketones (excluding diaryl/α,β-unsaturated/α-hetero) is 1. The van der Waals surface area contributed by atoms with Gasteiger partial charge in [0.2, 0.25) is 5.75 Å². The third-order valence-corrected chi connectivity index (χ3v) is 1.97. The monoisotopic (exact) mass is 211 g/mol. The van der Waals surface area contributed by atoms with E-state index in [1.807, 2.05) is 0 Å². The molecule has 0 heterocycles. The zero-order valence-electron chi connectivity index (χ0n) is 8.36. The number of benzene rings is 1. The Morgan fingerprint density at radius 2 is 2.13 bits per heavy atom. The maximum Gasteiger partial charge on any atom is 0.200 e. The van der Waals surface area contributed by atoms with Crippen molar-refractivity contribution in [2.45, 2.75) is 6.42 Å². The predicted octanol–water partition coefficient (Wildman–Crippen LogP) is 0.638. The Morgan fingerprint density at radius 3 is 2.67 bits per heavy atom. The fourth-order valence-corrected chi connectivity index (χ4v) is 1.19. The Morgan fingerprint density at radius 1 is 1.47 bits per heavy atom. The van der Waals surface area contributed by atoms with Gasteiger partial charge in [0.25, 0.3) is 0 Å². The molecule has 0 aromatic heterocycles. The summed E-state index contributed by atoms with van der Waals surface area (Å²) >= 11 is 0. The van der Waals surface area contributed by atoms with Crippen molar-refractivity contribution in [1.82, 2.24) is 0 Å². The molecule has 0 spiro atoms. The SMILES string of the molecule is COc1cc(C(=O)CCN)cc(O)c1O. The molecule has 0 unspecified atom stereocenters. The molecule has 5 heteroatoms. The van der Waals surface area contributed by atoms with Gasteiger partial charge in [-0.2, -0.15) is 0 Å². The van der Waals surface area contributed by atoms with Crippen LogP contribution in [-0.2, 0) is 0 Å². The Bertz CT molecular complexity index is 376. The summed E-state index contributed by atoms with van der Waals surface area (Å²) in [7, 11) is 1.34. The number of methoxy groups -OCH3 is 1. The fourth-order valence-electron chi connectivity index (χ4n) is 1.19. The van der Waals surface area contributed by atoms with Crippen LogP contribution in [0.4, 0.5) is 0 Å². The van der Waals surface area contributed by atoms with Gasteiger partial charge in [0.1, 0.15) is 0 Å². The molecule has 1 aromatic rings. The molecule has 1 aromatic carbocycles. The Balaban J connectivity index is 3.10. The van der Waals surface area contributed by atoms with E-state index in [-0.39, 0.29) is 41.6 Å². The number of phenols is 2. The van der Waals surface area contributed by atoms with Crippen molar-refractivity contribution in [2.75, 3.05) is 13.7 Å². The van der Waals surface area contributed by atoms with Crippen molar-refractivity contribution in [3.05, 3.63) is 17.7 Å². The van der Waals surface area contributed by atoms with Crippen LogP contribution in [0.2, 0.25) is 0 Å². The van der Waals surface area contributed by atoms with E-state index in [0.29, 0.717) is 0 Å². The zero-order valence-corrected chi connectivity index (χ0v) is 8.36. The molecule has 0 atom stereocenters. The van der Waals surface area contributed by atoms with Crippen LogP contribution in [0, 0.1) is 0 Å². The minimum absolute atomic E-state index is 0.0652. The summed E-state index contributed by atoms with van der Waals surface area (Å²) in [5.74, 6) is -0.891. The van der Waals surface area contributed by atoms with Crippen LogP contribution in [0.3, 0.4) is 0 Å². The molecule has 4 N–H and O–H groups in total. The second-order valence-corrected chi connectivity index (χ2v) is 3.01. The van der Waals surface area contributed by atoms with Crippen molar-refractivity contribution >= 4 is 5.78 Å². The summed E-state index contributed by atoms with van der Waals surface area (Å²) in [6, 6.07) is 2.56. The van der Waals surface area contributed by atoms with Gasteiger partial charge in [0, 0.05) is 12.0 Å². The Labute approximate surface area is 87.1 Å². The molecule has 0 amide bonds. The number of phenolic OH excluding ortho intramolecular Hbond substituents is 2. The van der Waals surface area contributed by atoms with Crippen molar-refractivity contribution in [2.24, 2.45) is 5.73 Å². The number of nitrogens with two attached hydrogens (primary N) is 1. The van der Waals surface area contributed by atoms with E-state index in [1.165, 1.54) is 19.2 Å². The molecule has 1 rings (SSSR count). The molecule has 0 fully saturated rings. The van der Waals surface area contributed by atoms with Crippen LogP contribution in [0.5, 0.6) is 17.2 Å². The van der Waals surface area contributed by atoms with Gasteiger partial charge in [-0.05, 0) is 18.7 Å². The van der Waals surface area contributed by atoms with Crippen molar-refractivity contribution in [3.63, 3.8) is 0 Å². The lowest BCUT2D eigenvalue weighted by molar-refractivity contribution is 0.0984.